The Morgan fingerprint density at radius 2 is 2.11 bits per heavy atom. The second kappa shape index (κ2) is 7.04. The van der Waals surface area contributed by atoms with E-state index in [4.69, 9.17) is 10.00 Å². The molecule has 1 N–H and O–H groups in total. The maximum atomic E-state index is 8.67. The van der Waals surface area contributed by atoms with E-state index in [0.29, 0.717) is 13.0 Å². The van der Waals surface area contributed by atoms with Crippen LogP contribution in [0.3, 0.4) is 0 Å². The normalized spacial score (nSPS) is 10.9. The molecule has 0 aliphatic heterocycles. The van der Waals surface area contributed by atoms with E-state index < -0.39 is 0 Å². The Kier molecular flexibility index (Phi) is 5.69. The molecule has 0 heterocycles. The summed E-state index contributed by atoms with van der Waals surface area (Å²) in [6.45, 7) is 9.89. The minimum Gasteiger partial charge on any atom is -0.492 e. The Balaban J connectivity index is 2.69. The maximum absolute atomic E-state index is 8.67. The minimum atomic E-state index is 0.101. The third kappa shape index (κ3) is 5.21. The van der Waals surface area contributed by atoms with E-state index in [-0.39, 0.29) is 5.41 Å². The van der Waals surface area contributed by atoms with Gasteiger partial charge in [-0.2, -0.15) is 5.26 Å². The van der Waals surface area contributed by atoms with Gasteiger partial charge >= 0.3 is 0 Å². The topological polar surface area (TPSA) is 45.0 Å². The Morgan fingerprint density at radius 1 is 1.37 bits per heavy atom. The third-order valence-corrected chi connectivity index (χ3v) is 3.11. The van der Waals surface area contributed by atoms with Crippen molar-refractivity contribution in [2.24, 2.45) is 5.41 Å². The number of hydrogen-bond donors (Lipinski definition) is 1. The van der Waals surface area contributed by atoms with Gasteiger partial charge in [0.15, 0.2) is 0 Å². The van der Waals surface area contributed by atoms with Crippen LogP contribution in [0.25, 0.3) is 0 Å². The van der Waals surface area contributed by atoms with Gasteiger partial charge in [0, 0.05) is 13.0 Å². The van der Waals surface area contributed by atoms with E-state index >= 15 is 0 Å². The molecule has 0 saturated carbocycles. The number of rotatable bonds is 7. The van der Waals surface area contributed by atoms with Gasteiger partial charge in [0.2, 0.25) is 0 Å². The molecule has 0 bridgehead atoms. The summed E-state index contributed by atoms with van der Waals surface area (Å²) < 4.78 is 5.65. The minimum absolute atomic E-state index is 0.101. The lowest BCUT2D eigenvalue weighted by Gasteiger charge is -2.25. The van der Waals surface area contributed by atoms with Gasteiger partial charge in [-0.05, 0) is 43.4 Å². The number of benzene rings is 1. The predicted molar refractivity (Wildman–Crippen MR) is 79.5 cm³/mol. The van der Waals surface area contributed by atoms with Crippen molar-refractivity contribution in [3.63, 3.8) is 0 Å². The predicted octanol–water partition coefficient (Wildman–Crippen LogP) is 4.14. The smallest absolute Gasteiger partial charge is 0.142 e. The molecule has 19 heavy (non-hydrogen) atoms. The van der Waals surface area contributed by atoms with Crippen LogP contribution in [0.15, 0.2) is 18.2 Å². The lowest BCUT2D eigenvalue weighted by atomic mass is 9.88. The molecule has 3 heteroatoms. The Bertz CT molecular complexity index is 447. The molecule has 0 saturated heterocycles. The fourth-order valence-corrected chi connectivity index (χ4v) is 1.87. The van der Waals surface area contributed by atoms with Crippen LogP contribution >= 0.6 is 0 Å². The fraction of sp³-hybridized carbons (Fsp3) is 0.562. The Labute approximate surface area is 116 Å². The summed E-state index contributed by atoms with van der Waals surface area (Å²) in [5, 5.41) is 12.1. The Hall–Kier alpha value is -1.69. The first kappa shape index (κ1) is 15.4. The standard InChI is InChI=1S/C16H24N2O/c1-5-19-15-11-13(2)7-8-14(15)18-12-16(3,4)9-6-10-17/h7-8,11,18H,5-6,9,12H2,1-4H3. The summed E-state index contributed by atoms with van der Waals surface area (Å²) in [7, 11) is 0. The summed E-state index contributed by atoms with van der Waals surface area (Å²) in [5.74, 6) is 0.901. The highest BCUT2D eigenvalue weighted by molar-refractivity contribution is 5.57. The van der Waals surface area contributed by atoms with Crippen LogP contribution in [0.1, 0.15) is 39.2 Å². The largest absolute Gasteiger partial charge is 0.492 e. The lowest BCUT2D eigenvalue weighted by molar-refractivity contribution is 0.338. The fourth-order valence-electron chi connectivity index (χ4n) is 1.87. The molecule has 0 atom stereocenters. The zero-order chi connectivity index (χ0) is 14.3. The molecule has 0 unspecified atom stereocenters. The molecule has 1 aromatic rings. The number of hydrogen-bond acceptors (Lipinski definition) is 3. The molecule has 0 aromatic heterocycles. The zero-order valence-electron chi connectivity index (χ0n) is 12.4. The van der Waals surface area contributed by atoms with Crippen molar-refractivity contribution in [1.82, 2.24) is 0 Å². The molecule has 3 nitrogen and oxygen atoms in total. The van der Waals surface area contributed by atoms with Crippen LogP contribution in [-0.4, -0.2) is 13.2 Å². The van der Waals surface area contributed by atoms with Gasteiger partial charge in [-0.3, -0.25) is 0 Å². The molecule has 0 fully saturated rings. The molecule has 104 valence electrons. The van der Waals surface area contributed by atoms with E-state index in [1.807, 2.05) is 13.0 Å². The number of nitriles is 1. The highest BCUT2D eigenvalue weighted by Crippen LogP contribution is 2.28. The van der Waals surface area contributed by atoms with Crippen LogP contribution in [0.4, 0.5) is 5.69 Å². The molecular weight excluding hydrogens is 236 g/mol. The molecule has 0 radical (unpaired) electrons. The third-order valence-electron chi connectivity index (χ3n) is 3.11. The summed E-state index contributed by atoms with van der Waals surface area (Å²) in [6.07, 6.45) is 1.49. The first-order valence-corrected chi connectivity index (χ1v) is 6.83. The molecule has 0 amide bonds. The number of nitrogens with zero attached hydrogens (tertiary/aromatic N) is 1. The van der Waals surface area contributed by atoms with E-state index in [1.54, 1.807) is 0 Å². The van der Waals surface area contributed by atoms with Crippen LogP contribution in [0, 0.1) is 23.7 Å². The first-order valence-electron chi connectivity index (χ1n) is 6.83. The van der Waals surface area contributed by atoms with Crippen molar-refractivity contribution in [3.8, 4) is 11.8 Å². The molecule has 0 aliphatic rings. The number of anilines is 1. The average Bonchev–Trinajstić information content (AvgIpc) is 2.36. The second-order valence-electron chi connectivity index (χ2n) is 5.61. The second-order valence-corrected chi connectivity index (χ2v) is 5.61. The Morgan fingerprint density at radius 3 is 2.74 bits per heavy atom. The van der Waals surface area contributed by atoms with Crippen molar-refractivity contribution in [2.45, 2.75) is 40.5 Å². The summed E-state index contributed by atoms with van der Waals surface area (Å²) >= 11 is 0. The van der Waals surface area contributed by atoms with Gasteiger partial charge in [-0.1, -0.05) is 19.9 Å². The van der Waals surface area contributed by atoms with E-state index in [2.05, 4.69) is 44.3 Å². The maximum Gasteiger partial charge on any atom is 0.142 e. The van der Waals surface area contributed by atoms with Gasteiger partial charge in [-0.25, -0.2) is 0 Å². The van der Waals surface area contributed by atoms with E-state index in [1.165, 1.54) is 5.56 Å². The quantitative estimate of drug-likeness (QED) is 0.801. The molecule has 0 spiro atoms. The zero-order valence-corrected chi connectivity index (χ0v) is 12.4. The lowest BCUT2D eigenvalue weighted by Crippen LogP contribution is -2.23. The number of aryl methyl sites for hydroxylation is 1. The van der Waals surface area contributed by atoms with Gasteiger partial charge in [-0.15, -0.1) is 0 Å². The summed E-state index contributed by atoms with van der Waals surface area (Å²) in [5.41, 5.74) is 2.32. The average molecular weight is 260 g/mol. The molecule has 0 aliphatic carbocycles. The van der Waals surface area contributed by atoms with Crippen LogP contribution in [0.5, 0.6) is 5.75 Å². The van der Waals surface area contributed by atoms with Gasteiger partial charge < -0.3 is 10.1 Å². The summed E-state index contributed by atoms with van der Waals surface area (Å²) in [6, 6.07) is 8.39. The van der Waals surface area contributed by atoms with Crippen LogP contribution in [-0.2, 0) is 0 Å². The van der Waals surface area contributed by atoms with Gasteiger partial charge in [0.25, 0.3) is 0 Å². The molecular formula is C16H24N2O. The molecule has 1 rings (SSSR count). The number of ether oxygens (including phenoxy) is 1. The van der Waals surface area contributed by atoms with Crippen molar-refractivity contribution in [3.05, 3.63) is 23.8 Å². The molecule has 1 aromatic carbocycles. The van der Waals surface area contributed by atoms with Crippen molar-refractivity contribution >= 4 is 5.69 Å². The first-order chi connectivity index (χ1) is 8.98. The van der Waals surface area contributed by atoms with E-state index in [9.17, 15) is 0 Å². The summed E-state index contributed by atoms with van der Waals surface area (Å²) in [4.78, 5) is 0. The van der Waals surface area contributed by atoms with Gasteiger partial charge in [0.05, 0.1) is 18.4 Å². The van der Waals surface area contributed by atoms with Crippen LogP contribution < -0.4 is 10.1 Å². The van der Waals surface area contributed by atoms with Crippen LogP contribution in [0.2, 0.25) is 0 Å². The highest BCUT2D eigenvalue weighted by Gasteiger charge is 2.17. The van der Waals surface area contributed by atoms with Crippen molar-refractivity contribution in [2.75, 3.05) is 18.5 Å². The SMILES string of the molecule is CCOc1cc(C)ccc1NCC(C)(C)CCC#N. The highest BCUT2D eigenvalue weighted by atomic mass is 16.5. The van der Waals surface area contributed by atoms with Crippen molar-refractivity contribution < 1.29 is 4.74 Å². The van der Waals surface area contributed by atoms with E-state index in [0.717, 1.165) is 24.4 Å². The number of nitrogens with one attached hydrogen (secondary N) is 1. The monoisotopic (exact) mass is 260 g/mol. The van der Waals surface area contributed by atoms with Gasteiger partial charge in [0.1, 0.15) is 5.75 Å². The van der Waals surface area contributed by atoms with Crippen molar-refractivity contribution in [1.29, 1.82) is 5.26 Å².